The normalized spacial score (nSPS) is 10.3. The molecule has 3 N–H and O–H groups in total. The Morgan fingerprint density at radius 3 is 1.86 bits per heavy atom. The Bertz CT molecular complexity index is 1380. The third kappa shape index (κ3) is 6.17. The van der Waals surface area contributed by atoms with Crippen LogP contribution in [0.4, 0.5) is 22.7 Å². The molecule has 4 rings (SSSR count). The summed E-state index contributed by atoms with van der Waals surface area (Å²) in [5.41, 5.74) is 3.95. The van der Waals surface area contributed by atoms with Crippen molar-refractivity contribution in [3.63, 3.8) is 0 Å². The molecule has 35 heavy (non-hydrogen) atoms. The van der Waals surface area contributed by atoms with Gasteiger partial charge in [0.1, 0.15) is 0 Å². The molecule has 3 aromatic carbocycles. The average molecular weight is 504 g/mol. The molecule has 0 saturated carbocycles. The van der Waals surface area contributed by atoms with Crippen LogP contribution in [0.15, 0.2) is 91.3 Å². The number of non-ortho nitro benzene ring substituents is 1. The summed E-state index contributed by atoms with van der Waals surface area (Å²) in [6, 6.07) is 22.3. The molecule has 0 aliphatic rings. The smallest absolute Gasteiger partial charge is 0.270 e. The van der Waals surface area contributed by atoms with Crippen LogP contribution in [0.1, 0.15) is 10.4 Å². The molecule has 4 aromatic rings. The first-order valence-corrected chi connectivity index (χ1v) is 11.1. The van der Waals surface area contributed by atoms with E-state index in [0.29, 0.717) is 10.8 Å². The summed E-state index contributed by atoms with van der Waals surface area (Å²) < 4.78 is 0. The number of hydrogen-bond donors (Lipinski definition) is 3. The maximum absolute atomic E-state index is 12.6. The zero-order valence-electron chi connectivity index (χ0n) is 18.1. The van der Waals surface area contributed by atoms with Gasteiger partial charge in [-0.2, -0.15) is 0 Å². The summed E-state index contributed by atoms with van der Waals surface area (Å²) in [5.74, 6) is -0.529. The lowest BCUT2D eigenvalue weighted by molar-refractivity contribution is -0.384. The molecular formula is C25H18ClN5O3S. The number of hydrogen-bond acceptors (Lipinski definition) is 5. The second-order valence-corrected chi connectivity index (χ2v) is 8.16. The highest BCUT2D eigenvalue weighted by molar-refractivity contribution is 7.80. The number of benzene rings is 3. The van der Waals surface area contributed by atoms with Crippen LogP contribution in [-0.4, -0.2) is 20.9 Å². The molecule has 1 amide bonds. The number of amides is 1. The number of pyridine rings is 1. The number of nitrogens with zero attached hydrogens (tertiary/aromatic N) is 2. The molecule has 0 radical (unpaired) electrons. The molecule has 8 nitrogen and oxygen atoms in total. The molecule has 0 spiro atoms. The number of carbonyl (C=O) groups excluding carboxylic acids is 1. The van der Waals surface area contributed by atoms with Crippen molar-refractivity contribution in [2.24, 2.45) is 0 Å². The van der Waals surface area contributed by atoms with Gasteiger partial charge < -0.3 is 16.0 Å². The van der Waals surface area contributed by atoms with Gasteiger partial charge >= 0.3 is 0 Å². The van der Waals surface area contributed by atoms with Crippen molar-refractivity contribution in [2.45, 2.75) is 0 Å². The third-order valence-corrected chi connectivity index (χ3v) is 5.50. The highest BCUT2D eigenvalue weighted by Gasteiger charge is 2.16. The first kappa shape index (κ1) is 23.8. The lowest BCUT2D eigenvalue weighted by atomic mass is 10.0. The fraction of sp³-hybridized carbons (Fsp3) is 0. The number of halogens is 1. The van der Waals surface area contributed by atoms with Crippen LogP contribution in [0.3, 0.4) is 0 Å². The number of aromatic nitrogens is 1. The highest BCUT2D eigenvalue weighted by atomic mass is 35.5. The van der Waals surface area contributed by atoms with Gasteiger partial charge in [0.2, 0.25) is 0 Å². The first-order chi connectivity index (χ1) is 16.9. The summed E-state index contributed by atoms with van der Waals surface area (Å²) in [7, 11) is 0. The molecule has 0 saturated heterocycles. The van der Waals surface area contributed by atoms with Crippen molar-refractivity contribution in [1.82, 2.24) is 4.98 Å². The fourth-order valence-electron chi connectivity index (χ4n) is 3.22. The van der Waals surface area contributed by atoms with E-state index in [-0.39, 0.29) is 16.3 Å². The van der Waals surface area contributed by atoms with Crippen LogP contribution in [0.25, 0.3) is 11.1 Å². The quantitative estimate of drug-likeness (QED) is 0.159. The fourth-order valence-corrected chi connectivity index (χ4v) is 3.66. The lowest BCUT2D eigenvalue weighted by Crippen LogP contribution is -2.18. The monoisotopic (exact) mass is 503 g/mol. The predicted molar refractivity (Wildman–Crippen MR) is 142 cm³/mol. The van der Waals surface area contributed by atoms with Crippen molar-refractivity contribution in [2.75, 3.05) is 16.0 Å². The molecule has 1 aromatic heterocycles. The zero-order valence-corrected chi connectivity index (χ0v) is 19.6. The van der Waals surface area contributed by atoms with E-state index in [0.717, 1.165) is 28.6 Å². The number of thiocarbonyl (C=S) groups is 1. The van der Waals surface area contributed by atoms with Crippen molar-refractivity contribution >= 4 is 57.6 Å². The Balaban J connectivity index is 1.39. The Morgan fingerprint density at radius 2 is 1.31 bits per heavy atom. The number of nitro groups is 1. The molecule has 0 aliphatic heterocycles. The summed E-state index contributed by atoms with van der Waals surface area (Å²) in [6.07, 6.45) is 3.36. The van der Waals surface area contributed by atoms with Gasteiger partial charge in [-0.15, -0.1) is 0 Å². The maximum atomic E-state index is 12.6. The second kappa shape index (κ2) is 10.7. The number of carbonyl (C=O) groups is 1. The van der Waals surface area contributed by atoms with E-state index in [4.69, 9.17) is 23.8 Å². The SMILES string of the molecule is O=C(Nc1ccc(-c2ccc(NC(=S)Nc3ccncc3)cc2)cc1)c1cc([N+](=O)[O-])ccc1Cl. The van der Waals surface area contributed by atoms with Gasteiger partial charge in [0, 0.05) is 41.6 Å². The van der Waals surface area contributed by atoms with E-state index in [1.807, 2.05) is 48.5 Å². The van der Waals surface area contributed by atoms with Gasteiger partial charge in [-0.3, -0.25) is 19.9 Å². The topological polar surface area (TPSA) is 109 Å². The van der Waals surface area contributed by atoms with E-state index < -0.39 is 10.8 Å². The number of rotatable bonds is 6. The number of anilines is 3. The minimum atomic E-state index is -0.576. The highest BCUT2D eigenvalue weighted by Crippen LogP contribution is 2.26. The zero-order chi connectivity index (χ0) is 24.8. The first-order valence-electron chi connectivity index (χ1n) is 10.3. The molecule has 0 fully saturated rings. The number of nitrogens with one attached hydrogen (secondary N) is 3. The average Bonchev–Trinajstić information content (AvgIpc) is 2.85. The summed E-state index contributed by atoms with van der Waals surface area (Å²) in [4.78, 5) is 26.9. The number of nitro benzene ring substituents is 1. The molecule has 174 valence electrons. The van der Waals surface area contributed by atoms with E-state index in [1.165, 1.54) is 12.1 Å². The Labute approximate surface area is 211 Å². The Kier molecular flexibility index (Phi) is 7.30. The van der Waals surface area contributed by atoms with Crippen LogP contribution in [0, 0.1) is 10.1 Å². The van der Waals surface area contributed by atoms with Crippen molar-refractivity contribution in [3.8, 4) is 11.1 Å². The second-order valence-electron chi connectivity index (χ2n) is 7.35. The van der Waals surface area contributed by atoms with E-state index in [2.05, 4.69) is 20.9 Å². The van der Waals surface area contributed by atoms with Gasteiger partial charge in [0.05, 0.1) is 15.5 Å². The Hall–Kier alpha value is -4.34. The van der Waals surface area contributed by atoms with Gasteiger partial charge in [0.25, 0.3) is 11.6 Å². The van der Waals surface area contributed by atoms with Crippen molar-refractivity contribution in [1.29, 1.82) is 0 Å². The molecular weight excluding hydrogens is 486 g/mol. The summed E-state index contributed by atoms with van der Waals surface area (Å²) in [5, 5.41) is 20.5. The van der Waals surface area contributed by atoms with Gasteiger partial charge in [-0.25, -0.2) is 0 Å². The van der Waals surface area contributed by atoms with Crippen LogP contribution < -0.4 is 16.0 Å². The van der Waals surface area contributed by atoms with Gasteiger partial charge in [-0.05, 0) is 65.8 Å². The predicted octanol–water partition coefficient (Wildman–Crippen LogP) is 6.37. The molecule has 0 aliphatic carbocycles. The minimum Gasteiger partial charge on any atom is -0.332 e. The van der Waals surface area contributed by atoms with Crippen LogP contribution in [0.2, 0.25) is 5.02 Å². The molecule has 10 heteroatoms. The van der Waals surface area contributed by atoms with Crippen LogP contribution in [0.5, 0.6) is 0 Å². The maximum Gasteiger partial charge on any atom is 0.270 e. The standard InChI is InChI=1S/C25H18ClN5O3S/c26-23-10-9-21(31(33)34)15-22(23)24(32)28-18-5-1-16(2-6-18)17-3-7-19(8-4-17)29-25(35)30-20-11-13-27-14-12-20/h1-15H,(H,28,32)(H2,27,29,30,35). The van der Waals surface area contributed by atoms with Gasteiger partial charge in [-0.1, -0.05) is 35.9 Å². The molecule has 1 heterocycles. The molecule has 0 unspecified atom stereocenters. The summed E-state index contributed by atoms with van der Waals surface area (Å²) in [6.45, 7) is 0. The van der Waals surface area contributed by atoms with Crippen LogP contribution in [-0.2, 0) is 0 Å². The van der Waals surface area contributed by atoms with Crippen LogP contribution >= 0.6 is 23.8 Å². The van der Waals surface area contributed by atoms with E-state index >= 15 is 0 Å². The molecule has 0 bridgehead atoms. The van der Waals surface area contributed by atoms with E-state index in [1.54, 1.807) is 24.5 Å². The minimum absolute atomic E-state index is 0.0318. The Morgan fingerprint density at radius 1 is 0.800 bits per heavy atom. The van der Waals surface area contributed by atoms with E-state index in [9.17, 15) is 14.9 Å². The largest absolute Gasteiger partial charge is 0.332 e. The lowest BCUT2D eigenvalue weighted by Gasteiger charge is -2.11. The van der Waals surface area contributed by atoms with Gasteiger partial charge in [0.15, 0.2) is 5.11 Å². The summed E-state index contributed by atoms with van der Waals surface area (Å²) >= 11 is 11.4. The third-order valence-electron chi connectivity index (χ3n) is 4.96. The van der Waals surface area contributed by atoms with Crippen molar-refractivity contribution in [3.05, 3.63) is 112 Å². The molecule has 0 atom stereocenters. The van der Waals surface area contributed by atoms with Crippen molar-refractivity contribution < 1.29 is 9.72 Å².